The predicted molar refractivity (Wildman–Crippen MR) is 68.5 cm³/mol. The molecule has 3 rings (SSSR count). The van der Waals surface area contributed by atoms with Gasteiger partial charge in [0.05, 0.1) is 12.0 Å². The molecule has 2 N–H and O–H groups in total. The lowest BCUT2D eigenvalue weighted by Gasteiger charge is -2.25. The average molecular weight is 256 g/mol. The number of ketones is 1. The summed E-state index contributed by atoms with van der Waals surface area (Å²) in [7, 11) is 0. The van der Waals surface area contributed by atoms with Gasteiger partial charge in [0.2, 0.25) is 0 Å². The van der Waals surface area contributed by atoms with Crippen LogP contribution >= 0.6 is 0 Å². The van der Waals surface area contributed by atoms with E-state index in [4.69, 9.17) is 4.74 Å². The molecule has 0 fully saturated rings. The SMILES string of the molecule is O=C1CC(c2ccc(O)cc2O)Oc2ccccc21. The van der Waals surface area contributed by atoms with E-state index in [1.54, 1.807) is 30.3 Å². The molecule has 2 aromatic rings. The predicted octanol–water partition coefficient (Wildman–Crippen LogP) is 2.80. The fraction of sp³-hybridized carbons (Fsp3) is 0.133. The zero-order valence-corrected chi connectivity index (χ0v) is 10.0. The van der Waals surface area contributed by atoms with Crippen LogP contribution in [0.15, 0.2) is 42.5 Å². The highest BCUT2D eigenvalue weighted by Crippen LogP contribution is 2.38. The van der Waals surface area contributed by atoms with Crippen molar-refractivity contribution in [2.24, 2.45) is 0 Å². The molecule has 0 aliphatic carbocycles. The zero-order chi connectivity index (χ0) is 13.4. The third kappa shape index (κ3) is 2.01. The summed E-state index contributed by atoms with van der Waals surface area (Å²) in [4.78, 5) is 12.0. The van der Waals surface area contributed by atoms with E-state index in [0.717, 1.165) is 0 Å². The number of aromatic hydroxyl groups is 2. The van der Waals surface area contributed by atoms with Crippen molar-refractivity contribution in [2.75, 3.05) is 0 Å². The Morgan fingerprint density at radius 3 is 2.68 bits per heavy atom. The Balaban J connectivity index is 1.99. The van der Waals surface area contributed by atoms with Gasteiger partial charge < -0.3 is 14.9 Å². The molecule has 0 spiro atoms. The van der Waals surface area contributed by atoms with Gasteiger partial charge in [-0.25, -0.2) is 0 Å². The zero-order valence-electron chi connectivity index (χ0n) is 10.0. The molecule has 1 heterocycles. The van der Waals surface area contributed by atoms with Crippen LogP contribution in [0.5, 0.6) is 17.2 Å². The quantitative estimate of drug-likeness (QED) is 0.823. The maximum Gasteiger partial charge on any atom is 0.170 e. The number of ether oxygens (including phenoxy) is 1. The molecule has 19 heavy (non-hydrogen) atoms. The summed E-state index contributed by atoms with van der Waals surface area (Å²) >= 11 is 0. The molecule has 4 nitrogen and oxygen atoms in total. The van der Waals surface area contributed by atoms with Gasteiger partial charge in [0.25, 0.3) is 0 Å². The van der Waals surface area contributed by atoms with Crippen molar-refractivity contribution < 1.29 is 19.7 Å². The third-order valence-corrected chi connectivity index (χ3v) is 3.19. The number of benzene rings is 2. The van der Waals surface area contributed by atoms with Crippen molar-refractivity contribution in [1.82, 2.24) is 0 Å². The van der Waals surface area contributed by atoms with E-state index in [1.165, 1.54) is 12.1 Å². The minimum atomic E-state index is -0.525. The van der Waals surface area contributed by atoms with Crippen LogP contribution in [0.25, 0.3) is 0 Å². The monoisotopic (exact) mass is 256 g/mol. The molecule has 0 radical (unpaired) electrons. The van der Waals surface area contributed by atoms with Gasteiger partial charge in [-0.2, -0.15) is 0 Å². The molecule has 0 amide bonds. The van der Waals surface area contributed by atoms with Gasteiger partial charge in [-0.15, -0.1) is 0 Å². The highest BCUT2D eigenvalue weighted by Gasteiger charge is 2.28. The Morgan fingerprint density at radius 2 is 1.89 bits per heavy atom. The summed E-state index contributed by atoms with van der Waals surface area (Å²) < 4.78 is 5.75. The average Bonchev–Trinajstić information content (AvgIpc) is 2.38. The van der Waals surface area contributed by atoms with E-state index in [2.05, 4.69) is 0 Å². The molecule has 0 saturated carbocycles. The number of para-hydroxylation sites is 1. The Labute approximate surface area is 109 Å². The number of phenols is 2. The first-order valence-electron chi connectivity index (χ1n) is 5.96. The Morgan fingerprint density at radius 1 is 1.11 bits per heavy atom. The topological polar surface area (TPSA) is 66.8 Å². The summed E-state index contributed by atoms with van der Waals surface area (Å²) in [5.41, 5.74) is 1.07. The summed E-state index contributed by atoms with van der Waals surface area (Å²) in [6, 6.07) is 11.3. The molecular formula is C15H12O4. The molecule has 1 aliphatic heterocycles. The number of carbonyl (C=O) groups is 1. The molecule has 0 saturated heterocycles. The van der Waals surface area contributed by atoms with Crippen molar-refractivity contribution in [3.8, 4) is 17.2 Å². The molecule has 0 aromatic heterocycles. The summed E-state index contributed by atoms with van der Waals surface area (Å²) in [6.45, 7) is 0. The fourth-order valence-electron chi connectivity index (χ4n) is 2.25. The number of fused-ring (bicyclic) bond motifs is 1. The van der Waals surface area contributed by atoms with Crippen molar-refractivity contribution in [2.45, 2.75) is 12.5 Å². The molecular weight excluding hydrogens is 244 g/mol. The van der Waals surface area contributed by atoms with E-state index in [0.29, 0.717) is 16.9 Å². The molecule has 1 aliphatic rings. The lowest BCUT2D eigenvalue weighted by atomic mass is 9.96. The number of carbonyl (C=O) groups excluding carboxylic acids is 1. The van der Waals surface area contributed by atoms with Gasteiger partial charge in [-0.1, -0.05) is 12.1 Å². The molecule has 1 atom stereocenters. The second kappa shape index (κ2) is 4.31. The second-order valence-electron chi connectivity index (χ2n) is 4.47. The normalized spacial score (nSPS) is 17.7. The van der Waals surface area contributed by atoms with Gasteiger partial charge in [0.1, 0.15) is 23.4 Å². The van der Waals surface area contributed by atoms with Gasteiger partial charge in [0, 0.05) is 11.6 Å². The standard InChI is InChI=1S/C15H12O4/c16-9-5-6-11(12(17)7-9)15-8-13(18)10-3-1-2-4-14(10)19-15/h1-7,15-17H,8H2. The van der Waals surface area contributed by atoms with Crippen LogP contribution in [0, 0.1) is 0 Å². The van der Waals surface area contributed by atoms with Crippen molar-refractivity contribution in [3.05, 3.63) is 53.6 Å². The Kier molecular flexibility index (Phi) is 2.63. The van der Waals surface area contributed by atoms with Crippen LogP contribution in [0.2, 0.25) is 0 Å². The van der Waals surface area contributed by atoms with Gasteiger partial charge in [-0.3, -0.25) is 4.79 Å². The first-order chi connectivity index (χ1) is 9.15. The van der Waals surface area contributed by atoms with Crippen molar-refractivity contribution in [1.29, 1.82) is 0 Å². The number of hydrogen-bond acceptors (Lipinski definition) is 4. The van der Waals surface area contributed by atoms with Crippen LogP contribution in [-0.4, -0.2) is 16.0 Å². The minimum absolute atomic E-state index is 0.0145. The lowest BCUT2D eigenvalue weighted by Crippen LogP contribution is -2.20. The van der Waals surface area contributed by atoms with Crippen molar-refractivity contribution in [3.63, 3.8) is 0 Å². The Hall–Kier alpha value is -2.49. The first-order valence-corrected chi connectivity index (χ1v) is 5.96. The smallest absolute Gasteiger partial charge is 0.170 e. The number of phenolic OH excluding ortho intramolecular Hbond substituents is 2. The maximum atomic E-state index is 12.0. The van der Waals surface area contributed by atoms with Crippen molar-refractivity contribution >= 4 is 5.78 Å². The Bertz CT molecular complexity index is 648. The first kappa shape index (κ1) is 11.6. The number of Topliss-reactive ketones (excluding diaryl/α,β-unsaturated/α-hetero) is 1. The molecule has 0 bridgehead atoms. The van der Waals surface area contributed by atoms with Gasteiger partial charge >= 0.3 is 0 Å². The third-order valence-electron chi connectivity index (χ3n) is 3.19. The summed E-state index contributed by atoms with van der Waals surface area (Å²) in [5, 5.41) is 19.1. The second-order valence-corrected chi connectivity index (χ2v) is 4.47. The highest BCUT2D eigenvalue weighted by molar-refractivity contribution is 6.00. The largest absolute Gasteiger partial charge is 0.508 e. The molecule has 96 valence electrons. The maximum absolute atomic E-state index is 12.0. The van der Waals surface area contributed by atoms with E-state index < -0.39 is 6.10 Å². The highest BCUT2D eigenvalue weighted by atomic mass is 16.5. The van der Waals surface area contributed by atoms with Crippen LogP contribution in [0.3, 0.4) is 0 Å². The van der Waals surface area contributed by atoms with Crippen LogP contribution in [0.1, 0.15) is 28.4 Å². The van der Waals surface area contributed by atoms with E-state index in [-0.39, 0.29) is 23.7 Å². The number of rotatable bonds is 1. The fourth-order valence-corrected chi connectivity index (χ4v) is 2.25. The molecule has 1 unspecified atom stereocenters. The molecule has 2 aromatic carbocycles. The minimum Gasteiger partial charge on any atom is -0.508 e. The van der Waals surface area contributed by atoms with E-state index in [1.807, 2.05) is 0 Å². The van der Waals surface area contributed by atoms with E-state index >= 15 is 0 Å². The van der Waals surface area contributed by atoms with Crippen LogP contribution < -0.4 is 4.74 Å². The summed E-state index contributed by atoms with van der Waals surface area (Å²) in [6.07, 6.45) is -0.349. The molecule has 4 heteroatoms. The van der Waals surface area contributed by atoms with Crippen LogP contribution in [0.4, 0.5) is 0 Å². The van der Waals surface area contributed by atoms with Gasteiger partial charge in [0.15, 0.2) is 5.78 Å². The summed E-state index contributed by atoms with van der Waals surface area (Å²) in [5.74, 6) is 0.413. The lowest BCUT2D eigenvalue weighted by molar-refractivity contribution is 0.0847. The van der Waals surface area contributed by atoms with Gasteiger partial charge in [-0.05, 0) is 24.3 Å². The van der Waals surface area contributed by atoms with E-state index in [9.17, 15) is 15.0 Å². The number of hydrogen-bond donors (Lipinski definition) is 2. The van der Waals surface area contributed by atoms with Crippen LogP contribution in [-0.2, 0) is 0 Å².